The average molecular weight is 332 g/mol. The van der Waals surface area contributed by atoms with E-state index in [0.29, 0.717) is 0 Å². The number of pyridine rings is 1. The third kappa shape index (κ3) is 3.59. The zero-order chi connectivity index (χ0) is 17.1. The van der Waals surface area contributed by atoms with Gasteiger partial charge in [0.15, 0.2) is 0 Å². The predicted octanol–water partition coefficient (Wildman–Crippen LogP) is 3.35. The van der Waals surface area contributed by atoms with Gasteiger partial charge >= 0.3 is 0 Å². The van der Waals surface area contributed by atoms with Crippen molar-refractivity contribution in [1.29, 1.82) is 0 Å². The topological polar surface area (TPSA) is 24.3 Å². The molecule has 0 bridgehead atoms. The summed E-state index contributed by atoms with van der Waals surface area (Å²) >= 11 is 0. The van der Waals surface area contributed by atoms with Gasteiger partial charge in [-0.05, 0) is 42.4 Å². The number of likely N-dealkylation sites (N-methyl/N-ethyl adjacent to an activating group) is 1. The first-order chi connectivity index (χ1) is 12.3. The first-order valence-corrected chi connectivity index (χ1v) is 8.88. The lowest BCUT2D eigenvalue weighted by Crippen LogP contribution is -2.45. The first kappa shape index (κ1) is 15.9. The largest absolute Gasteiger partial charge is 0.354 e. The van der Waals surface area contributed by atoms with E-state index in [1.807, 2.05) is 12.3 Å². The lowest BCUT2D eigenvalue weighted by atomic mass is 10.0. The molecule has 4 heteroatoms. The summed E-state index contributed by atoms with van der Waals surface area (Å²) in [5.41, 5.74) is 3.77. The van der Waals surface area contributed by atoms with Crippen molar-refractivity contribution in [3.63, 3.8) is 0 Å². The number of benzene rings is 1. The van der Waals surface area contributed by atoms with Crippen molar-refractivity contribution in [3.05, 3.63) is 72.7 Å². The lowest BCUT2D eigenvalue weighted by Gasteiger charge is -2.34. The molecular weight excluding hydrogens is 308 g/mol. The highest BCUT2D eigenvalue weighted by atomic mass is 15.3. The smallest absolute Gasteiger partial charge is 0.136 e. The maximum absolute atomic E-state index is 4.69. The molecule has 0 radical (unpaired) electrons. The van der Waals surface area contributed by atoms with Gasteiger partial charge in [-0.3, -0.25) is 0 Å². The molecule has 1 saturated heterocycles. The fourth-order valence-electron chi connectivity index (χ4n) is 3.37. The van der Waals surface area contributed by atoms with E-state index >= 15 is 0 Å². The number of aromatic nitrogens is 2. The third-order valence-electron chi connectivity index (χ3n) is 4.89. The fraction of sp³-hybridized carbons (Fsp3) is 0.286. The van der Waals surface area contributed by atoms with Crippen LogP contribution in [0.2, 0.25) is 0 Å². The van der Waals surface area contributed by atoms with Crippen LogP contribution >= 0.6 is 0 Å². The van der Waals surface area contributed by atoms with Crippen LogP contribution in [0.4, 0.5) is 5.82 Å². The molecule has 1 aliphatic rings. The molecular formula is C21H24N4. The van der Waals surface area contributed by atoms with Crippen LogP contribution in [0, 0.1) is 0 Å². The highest BCUT2D eigenvalue weighted by Gasteiger charge is 2.18. The van der Waals surface area contributed by atoms with Crippen LogP contribution in [0.15, 0.2) is 67.1 Å². The highest BCUT2D eigenvalue weighted by molar-refractivity contribution is 5.76. The first-order valence-electron chi connectivity index (χ1n) is 8.88. The van der Waals surface area contributed by atoms with Gasteiger partial charge in [0.25, 0.3) is 0 Å². The van der Waals surface area contributed by atoms with Gasteiger partial charge in [0.2, 0.25) is 0 Å². The minimum atomic E-state index is 0.908. The second-order valence-electron chi connectivity index (χ2n) is 6.72. The Labute approximate surface area is 149 Å². The van der Waals surface area contributed by atoms with Crippen LogP contribution < -0.4 is 4.90 Å². The molecule has 0 amide bonds. The molecule has 3 heterocycles. The Morgan fingerprint density at radius 3 is 2.32 bits per heavy atom. The minimum absolute atomic E-state index is 0.908. The van der Waals surface area contributed by atoms with Gasteiger partial charge in [-0.1, -0.05) is 24.3 Å². The molecule has 3 aromatic rings. The molecule has 1 fully saturated rings. The van der Waals surface area contributed by atoms with Crippen molar-refractivity contribution >= 4 is 5.82 Å². The van der Waals surface area contributed by atoms with E-state index in [-0.39, 0.29) is 0 Å². The van der Waals surface area contributed by atoms with Gasteiger partial charge in [0, 0.05) is 56.9 Å². The molecule has 0 N–H and O–H groups in total. The number of anilines is 1. The van der Waals surface area contributed by atoms with E-state index in [4.69, 9.17) is 4.98 Å². The Hall–Kier alpha value is -2.59. The molecule has 4 rings (SSSR count). The van der Waals surface area contributed by atoms with Gasteiger partial charge < -0.3 is 14.4 Å². The normalized spacial score (nSPS) is 15.5. The number of nitrogens with zero attached hydrogens (tertiary/aromatic N) is 4. The van der Waals surface area contributed by atoms with Gasteiger partial charge in [-0.15, -0.1) is 0 Å². The second kappa shape index (κ2) is 7.11. The van der Waals surface area contributed by atoms with Crippen molar-refractivity contribution in [2.75, 3.05) is 38.1 Å². The standard InChI is InChI=1S/C21H24N4/c1-23-13-15-25(16-14-23)21-20(5-4-10-22-21)19-8-6-18(7-9-19)17-24-11-2-3-12-24/h2-12H,13-17H2,1H3. The molecule has 1 aromatic carbocycles. The zero-order valence-electron chi connectivity index (χ0n) is 14.7. The predicted molar refractivity (Wildman–Crippen MR) is 103 cm³/mol. The molecule has 128 valence electrons. The Balaban J connectivity index is 1.57. The van der Waals surface area contributed by atoms with E-state index in [0.717, 1.165) is 38.5 Å². The Morgan fingerprint density at radius 2 is 1.60 bits per heavy atom. The number of hydrogen-bond acceptors (Lipinski definition) is 3. The summed E-state index contributed by atoms with van der Waals surface area (Å²) in [5.74, 6) is 1.11. The highest BCUT2D eigenvalue weighted by Crippen LogP contribution is 2.29. The van der Waals surface area contributed by atoms with E-state index in [9.17, 15) is 0 Å². The molecule has 0 atom stereocenters. The molecule has 2 aromatic heterocycles. The van der Waals surface area contributed by atoms with E-state index in [2.05, 4.69) is 76.3 Å². The number of rotatable bonds is 4. The quantitative estimate of drug-likeness (QED) is 0.732. The Bertz CT molecular complexity index is 800. The van der Waals surface area contributed by atoms with E-state index in [1.54, 1.807) is 0 Å². The van der Waals surface area contributed by atoms with Gasteiger partial charge in [-0.25, -0.2) is 4.98 Å². The van der Waals surface area contributed by atoms with Gasteiger partial charge in [0.1, 0.15) is 5.82 Å². The van der Waals surface area contributed by atoms with Crippen LogP contribution in [0.5, 0.6) is 0 Å². The molecule has 1 aliphatic heterocycles. The van der Waals surface area contributed by atoms with E-state index < -0.39 is 0 Å². The molecule has 0 aliphatic carbocycles. The molecule has 4 nitrogen and oxygen atoms in total. The minimum Gasteiger partial charge on any atom is -0.354 e. The number of hydrogen-bond donors (Lipinski definition) is 0. The average Bonchev–Trinajstić information content (AvgIpc) is 3.16. The molecule has 0 unspecified atom stereocenters. The van der Waals surface area contributed by atoms with Crippen molar-refractivity contribution in [2.24, 2.45) is 0 Å². The summed E-state index contributed by atoms with van der Waals surface area (Å²) in [4.78, 5) is 9.47. The third-order valence-corrected chi connectivity index (χ3v) is 4.89. The van der Waals surface area contributed by atoms with Crippen LogP contribution in [-0.2, 0) is 6.54 Å². The molecule has 25 heavy (non-hydrogen) atoms. The van der Waals surface area contributed by atoms with Crippen LogP contribution in [0.3, 0.4) is 0 Å². The monoisotopic (exact) mass is 332 g/mol. The van der Waals surface area contributed by atoms with Crippen LogP contribution in [-0.4, -0.2) is 47.7 Å². The second-order valence-corrected chi connectivity index (χ2v) is 6.72. The van der Waals surface area contributed by atoms with Crippen LogP contribution in [0.1, 0.15) is 5.56 Å². The summed E-state index contributed by atoms with van der Waals surface area (Å²) in [6, 6.07) is 17.2. The van der Waals surface area contributed by atoms with Crippen molar-refractivity contribution in [3.8, 4) is 11.1 Å². The Morgan fingerprint density at radius 1 is 0.880 bits per heavy atom. The fourth-order valence-corrected chi connectivity index (χ4v) is 3.37. The summed E-state index contributed by atoms with van der Waals surface area (Å²) in [6.45, 7) is 5.15. The summed E-state index contributed by atoms with van der Waals surface area (Å²) < 4.78 is 2.19. The molecule has 0 spiro atoms. The summed E-state index contributed by atoms with van der Waals surface area (Å²) in [6.07, 6.45) is 6.10. The lowest BCUT2D eigenvalue weighted by molar-refractivity contribution is 0.312. The SMILES string of the molecule is CN1CCN(c2ncccc2-c2ccc(Cn3cccc3)cc2)CC1. The van der Waals surface area contributed by atoms with E-state index in [1.165, 1.54) is 16.7 Å². The van der Waals surface area contributed by atoms with Crippen molar-refractivity contribution < 1.29 is 0 Å². The maximum Gasteiger partial charge on any atom is 0.136 e. The van der Waals surface area contributed by atoms with Crippen molar-refractivity contribution in [2.45, 2.75) is 6.54 Å². The van der Waals surface area contributed by atoms with Crippen molar-refractivity contribution in [1.82, 2.24) is 14.5 Å². The zero-order valence-corrected chi connectivity index (χ0v) is 14.7. The summed E-state index contributed by atoms with van der Waals surface area (Å²) in [5, 5.41) is 0. The molecule has 0 saturated carbocycles. The van der Waals surface area contributed by atoms with Gasteiger partial charge in [-0.2, -0.15) is 0 Å². The number of piperazine rings is 1. The Kier molecular flexibility index (Phi) is 4.53. The van der Waals surface area contributed by atoms with Gasteiger partial charge in [0.05, 0.1) is 0 Å². The van der Waals surface area contributed by atoms with Crippen LogP contribution in [0.25, 0.3) is 11.1 Å². The maximum atomic E-state index is 4.69. The summed E-state index contributed by atoms with van der Waals surface area (Å²) in [7, 11) is 2.18.